The van der Waals surface area contributed by atoms with Crippen molar-refractivity contribution in [1.82, 2.24) is 24.7 Å². The maximum Gasteiger partial charge on any atom is 0.184 e. The highest BCUT2D eigenvalue weighted by atomic mass is 19.1. The van der Waals surface area contributed by atoms with Gasteiger partial charge in [-0.1, -0.05) is 18.2 Å². The summed E-state index contributed by atoms with van der Waals surface area (Å²) in [4.78, 5) is 12.5. The van der Waals surface area contributed by atoms with Crippen LogP contribution in [-0.4, -0.2) is 24.7 Å². The number of para-hydroxylation sites is 1. The SMILES string of the molecule is Nc1[c]c(N)nc(-c2nn(Cc3ccccn3)c3c(F)cccc23)n1. The molecule has 4 aromatic rings. The summed E-state index contributed by atoms with van der Waals surface area (Å²) in [5.74, 6) is 0.0393. The molecule has 0 saturated heterocycles. The van der Waals surface area contributed by atoms with Crippen molar-refractivity contribution in [1.29, 1.82) is 0 Å². The van der Waals surface area contributed by atoms with Gasteiger partial charge in [-0.3, -0.25) is 9.67 Å². The molecule has 0 unspecified atom stereocenters. The molecule has 0 fully saturated rings. The first kappa shape index (κ1) is 15.0. The summed E-state index contributed by atoms with van der Waals surface area (Å²) < 4.78 is 16.0. The molecule has 4 N–H and O–H groups in total. The Morgan fingerprint density at radius 3 is 2.56 bits per heavy atom. The minimum Gasteiger partial charge on any atom is -0.383 e. The lowest BCUT2D eigenvalue weighted by atomic mass is 10.2. The summed E-state index contributed by atoms with van der Waals surface area (Å²) >= 11 is 0. The number of nitrogen functional groups attached to an aromatic ring is 2. The van der Waals surface area contributed by atoms with Gasteiger partial charge in [-0.05, 0) is 18.2 Å². The van der Waals surface area contributed by atoms with Crippen LogP contribution < -0.4 is 11.5 Å². The smallest absolute Gasteiger partial charge is 0.184 e. The largest absolute Gasteiger partial charge is 0.383 e. The molecule has 1 aromatic carbocycles. The molecule has 0 amide bonds. The second-order valence-corrected chi connectivity index (χ2v) is 5.41. The van der Waals surface area contributed by atoms with Crippen molar-refractivity contribution in [2.24, 2.45) is 0 Å². The lowest BCUT2D eigenvalue weighted by Gasteiger charge is -2.03. The molecule has 0 aliphatic heterocycles. The highest BCUT2D eigenvalue weighted by Gasteiger charge is 2.18. The summed E-state index contributed by atoms with van der Waals surface area (Å²) in [7, 11) is 0. The second kappa shape index (κ2) is 5.82. The van der Waals surface area contributed by atoms with Crippen LogP contribution in [0.1, 0.15) is 5.69 Å². The van der Waals surface area contributed by atoms with E-state index in [4.69, 9.17) is 11.5 Å². The van der Waals surface area contributed by atoms with Crippen LogP contribution in [0, 0.1) is 11.9 Å². The van der Waals surface area contributed by atoms with Crippen LogP contribution in [0.25, 0.3) is 22.4 Å². The molecule has 25 heavy (non-hydrogen) atoms. The number of fused-ring (bicyclic) bond motifs is 1. The first-order chi connectivity index (χ1) is 12.1. The Kier molecular flexibility index (Phi) is 3.50. The highest BCUT2D eigenvalue weighted by molar-refractivity contribution is 5.92. The van der Waals surface area contributed by atoms with E-state index in [0.717, 1.165) is 5.69 Å². The Bertz CT molecular complexity index is 1040. The van der Waals surface area contributed by atoms with Gasteiger partial charge < -0.3 is 11.5 Å². The maximum atomic E-state index is 14.5. The molecule has 0 aliphatic carbocycles. The van der Waals surface area contributed by atoms with E-state index in [1.54, 1.807) is 18.3 Å². The third-order valence-corrected chi connectivity index (χ3v) is 3.68. The van der Waals surface area contributed by atoms with Gasteiger partial charge in [0, 0.05) is 11.6 Å². The molecule has 123 valence electrons. The lowest BCUT2D eigenvalue weighted by Crippen LogP contribution is -2.05. The summed E-state index contributed by atoms with van der Waals surface area (Å²) in [6, 6.07) is 12.9. The molecule has 0 saturated carbocycles. The van der Waals surface area contributed by atoms with E-state index < -0.39 is 5.82 Å². The number of anilines is 2. The lowest BCUT2D eigenvalue weighted by molar-refractivity contribution is 0.614. The van der Waals surface area contributed by atoms with E-state index in [0.29, 0.717) is 23.1 Å². The van der Waals surface area contributed by atoms with Gasteiger partial charge in [0.2, 0.25) is 0 Å². The third kappa shape index (κ3) is 2.74. The van der Waals surface area contributed by atoms with Crippen LogP contribution in [0.3, 0.4) is 0 Å². The van der Waals surface area contributed by atoms with E-state index in [9.17, 15) is 4.39 Å². The standard InChI is InChI=1S/C17H13FN7/c18-12-6-3-5-11-15(17-22-13(19)8-14(20)23-17)24-25(16(11)12)9-10-4-1-2-7-21-10/h1-7H,9H2,(H4,19,20,22,23). The molecule has 1 radical (unpaired) electrons. The predicted octanol–water partition coefficient (Wildman–Crippen LogP) is 2.04. The van der Waals surface area contributed by atoms with Gasteiger partial charge in [0.05, 0.1) is 18.3 Å². The number of rotatable bonds is 3. The fourth-order valence-corrected chi connectivity index (χ4v) is 2.66. The topological polar surface area (TPSA) is 109 Å². The van der Waals surface area contributed by atoms with Crippen molar-refractivity contribution in [3.63, 3.8) is 0 Å². The van der Waals surface area contributed by atoms with Gasteiger partial charge >= 0.3 is 0 Å². The fourth-order valence-electron chi connectivity index (χ4n) is 2.66. The maximum absolute atomic E-state index is 14.5. The van der Waals surface area contributed by atoms with Crippen LogP contribution in [0.5, 0.6) is 0 Å². The minimum atomic E-state index is -0.393. The van der Waals surface area contributed by atoms with Crippen molar-refractivity contribution in [3.05, 3.63) is 60.2 Å². The molecular weight excluding hydrogens is 321 g/mol. The molecule has 8 heteroatoms. The van der Waals surface area contributed by atoms with Crippen LogP contribution in [0.4, 0.5) is 16.0 Å². The highest BCUT2D eigenvalue weighted by Crippen LogP contribution is 2.28. The number of nitrogens with two attached hydrogens (primary N) is 2. The molecule has 0 bridgehead atoms. The van der Waals surface area contributed by atoms with Gasteiger partial charge in [-0.2, -0.15) is 5.10 Å². The monoisotopic (exact) mass is 334 g/mol. The van der Waals surface area contributed by atoms with Crippen LogP contribution in [0.2, 0.25) is 0 Å². The second-order valence-electron chi connectivity index (χ2n) is 5.41. The summed E-state index contributed by atoms with van der Waals surface area (Å²) in [5.41, 5.74) is 12.9. The zero-order valence-electron chi connectivity index (χ0n) is 13.0. The average Bonchev–Trinajstić information content (AvgIpc) is 2.95. The van der Waals surface area contributed by atoms with E-state index in [1.807, 2.05) is 18.2 Å². The molecule has 0 aliphatic rings. The van der Waals surface area contributed by atoms with Gasteiger partial charge in [0.25, 0.3) is 0 Å². The quantitative estimate of drug-likeness (QED) is 0.593. The normalized spacial score (nSPS) is 11.1. The molecule has 0 spiro atoms. The predicted molar refractivity (Wildman–Crippen MR) is 91.7 cm³/mol. The van der Waals surface area contributed by atoms with Crippen LogP contribution in [-0.2, 0) is 6.54 Å². The number of hydrogen-bond donors (Lipinski definition) is 2. The minimum absolute atomic E-state index is 0.103. The fraction of sp³-hybridized carbons (Fsp3) is 0.0588. The molecule has 3 aromatic heterocycles. The number of aromatic nitrogens is 5. The van der Waals surface area contributed by atoms with Crippen molar-refractivity contribution in [2.45, 2.75) is 6.54 Å². The third-order valence-electron chi connectivity index (χ3n) is 3.68. The van der Waals surface area contributed by atoms with Crippen molar-refractivity contribution >= 4 is 22.5 Å². The Morgan fingerprint density at radius 1 is 1.04 bits per heavy atom. The Morgan fingerprint density at radius 2 is 1.84 bits per heavy atom. The van der Waals surface area contributed by atoms with Gasteiger partial charge in [-0.25, -0.2) is 14.4 Å². The van der Waals surface area contributed by atoms with Crippen LogP contribution in [0.15, 0.2) is 42.6 Å². The molecular formula is C17H13FN7. The number of pyridine rings is 1. The average molecular weight is 334 g/mol. The van der Waals surface area contributed by atoms with E-state index in [1.165, 1.54) is 10.7 Å². The van der Waals surface area contributed by atoms with Gasteiger partial charge in [0.15, 0.2) is 5.82 Å². The van der Waals surface area contributed by atoms with Crippen molar-refractivity contribution < 1.29 is 4.39 Å². The molecule has 0 atom stereocenters. The van der Waals surface area contributed by atoms with E-state index >= 15 is 0 Å². The number of nitrogens with zero attached hydrogens (tertiary/aromatic N) is 5. The number of halogens is 1. The summed E-state index contributed by atoms with van der Waals surface area (Å²) in [6.45, 7) is 0.308. The summed E-state index contributed by atoms with van der Waals surface area (Å²) in [6.07, 6.45) is 1.68. The number of benzene rings is 1. The zero-order chi connectivity index (χ0) is 17.4. The van der Waals surface area contributed by atoms with Gasteiger partial charge in [0.1, 0.15) is 28.7 Å². The van der Waals surface area contributed by atoms with Crippen molar-refractivity contribution in [3.8, 4) is 11.5 Å². The number of hydrogen-bond acceptors (Lipinski definition) is 6. The Balaban J connectivity index is 1.92. The Labute approximate surface area is 142 Å². The van der Waals surface area contributed by atoms with E-state index in [2.05, 4.69) is 26.1 Å². The van der Waals surface area contributed by atoms with E-state index in [-0.39, 0.29) is 17.5 Å². The first-order valence-corrected chi connectivity index (χ1v) is 7.49. The Hall–Kier alpha value is -3.55. The van der Waals surface area contributed by atoms with Gasteiger partial charge in [-0.15, -0.1) is 0 Å². The summed E-state index contributed by atoms with van der Waals surface area (Å²) in [5, 5.41) is 5.05. The molecule has 4 rings (SSSR count). The zero-order valence-corrected chi connectivity index (χ0v) is 13.0. The van der Waals surface area contributed by atoms with Crippen molar-refractivity contribution in [2.75, 3.05) is 11.5 Å². The molecule has 7 nitrogen and oxygen atoms in total. The molecule has 3 heterocycles. The first-order valence-electron chi connectivity index (χ1n) is 7.49. The van der Waals surface area contributed by atoms with Crippen LogP contribution >= 0.6 is 0 Å².